The van der Waals surface area contributed by atoms with Gasteiger partial charge in [-0.1, -0.05) is 31.5 Å². The van der Waals surface area contributed by atoms with Gasteiger partial charge in [-0.2, -0.15) is 5.10 Å². The molecule has 104 valence electrons. The molecule has 0 saturated carbocycles. The lowest BCUT2D eigenvalue weighted by Gasteiger charge is -2.16. The van der Waals surface area contributed by atoms with Crippen molar-refractivity contribution in [3.63, 3.8) is 0 Å². The van der Waals surface area contributed by atoms with Gasteiger partial charge in [-0.15, -0.1) is 0 Å². The fourth-order valence-corrected chi connectivity index (χ4v) is 1.81. The second-order valence-electron chi connectivity index (χ2n) is 4.57. The highest BCUT2D eigenvalue weighted by Gasteiger charge is 2.00. The Morgan fingerprint density at radius 1 is 1.53 bits per heavy atom. The van der Waals surface area contributed by atoms with E-state index in [1.165, 1.54) is 18.4 Å². The number of hydrazone groups is 1. The van der Waals surface area contributed by atoms with Crippen molar-refractivity contribution in [3.8, 4) is 0 Å². The zero-order valence-electron chi connectivity index (χ0n) is 11.6. The first-order chi connectivity index (χ1) is 9.11. The molecule has 0 atom stereocenters. The van der Waals surface area contributed by atoms with Gasteiger partial charge in [0.25, 0.3) is 0 Å². The molecule has 5 heteroatoms. The molecule has 0 saturated heterocycles. The predicted molar refractivity (Wildman–Crippen MR) is 85.2 cm³/mol. The van der Waals surface area contributed by atoms with Crippen LogP contribution in [-0.4, -0.2) is 29.8 Å². The first kappa shape index (κ1) is 15.6. The molecule has 0 spiro atoms. The highest BCUT2D eigenvalue weighted by Crippen LogP contribution is 2.07. The van der Waals surface area contributed by atoms with E-state index in [4.69, 9.17) is 5.73 Å². The summed E-state index contributed by atoms with van der Waals surface area (Å²) in [5, 5.41) is 4.13. The van der Waals surface area contributed by atoms with Gasteiger partial charge in [0.2, 0.25) is 0 Å². The zero-order valence-corrected chi connectivity index (χ0v) is 12.4. The summed E-state index contributed by atoms with van der Waals surface area (Å²) in [5.74, 6) is 0. The van der Waals surface area contributed by atoms with E-state index in [1.807, 2.05) is 12.1 Å². The Balaban J connectivity index is 2.56. The molecule has 0 aliphatic carbocycles. The number of thiocarbonyl (C=S) groups is 1. The van der Waals surface area contributed by atoms with Crippen molar-refractivity contribution in [3.05, 3.63) is 35.4 Å². The smallest absolute Gasteiger partial charge is 0.184 e. The summed E-state index contributed by atoms with van der Waals surface area (Å²) in [7, 11) is 2.14. The van der Waals surface area contributed by atoms with Gasteiger partial charge in [0.05, 0.1) is 6.21 Å². The van der Waals surface area contributed by atoms with Crippen LogP contribution in [0.2, 0.25) is 0 Å². The van der Waals surface area contributed by atoms with Crippen LogP contribution in [0.3, 0.4) is 0 Å². The minimum absolute atomic E-state index is 0.173. The summed E-state index contributed by atoms with van der Waals surface area (Å²) in [6, 6.07) is 8.28. The molecule has 0 fully saturated rings. The summed E-state index contributed by atoms with van der Waals surface area (Å²) in [6.07, 6.45) is 4.17. The molecule has 0 aliphatic heterocycles. The van der Waals surface area contributed by atoms with Crippen LogP contribution in [0.5, 0.6) is 0 Å². The van der Waals surface area contributed by atoms with Gasteiger partial charge in [-0.05, 0) is 49.4 Å². The molecule has 1 aromatic rings. The highest BCUT2D eigenvalue weighted by atomic mass is 32.1. The van der Waals surface area contributed by atoms with Gasteiger partial charge in [0.1, 0.15) is 0 Å². The SMILES string of the molecule is CCCCN(C)Cc1cccc(C=NNC(N)=S)c1. The average molecular weight is 278 g/mol. The number of nitrogens with two attached hydrogens (primary N) is 1. The van der Waals surface area contributed by atoms with Crippen LogP contribution in [-0.2, 0) is 6.54 Å². The number of nitrogens with one attached hydrogen (secondary N) is 1. The van der Waals surface area contributed by atoms with Crippen LogP contribution < -0.4 is 11.2 Å². The number of hydrogen-bond acceptors (Lipinski definition) is 3. The number of nitrogens with zero attached hydrogens (tertiary/aromatic N) is 2. The minimum Gasteiger partial charge on any atom is -0.375 e. The van der Waals surface area contributed by atoms with Crippen LogP contribution in [0.25, 0.3) is 0 Å². The van der Waals surface area contributed by atoms with Crippen LogP contribution in [0, 0.1) is 0 Å². The molecule has 0 unspecified atom stereocenters. The van der Waals surface area contributed by atoms with Gasteiger partial charge < -0.3 is 10.6 Å². The lowest BCUT2D eigenvalue weighted by molar-refractivity contribution is 0.321. The maximum absolute atomic E-state index is 5.30. The van der Waals surface area contributed by atoms with Crippen molar-refractivity contribution in [1.29, 1.82) is 0 Å². The van der Waals surface area contributed by atoms with E-state index >= 15 is 0 Å². The van der Waals surface area contributed by atoms with Crippen molar-refractivity contribution in [2.24, 2.45) is 10.8 Å². The molecular weight excluding hydrogens is 256 g/mol. The maximum Gasteiger partial charge on any atom is 0.184 e. The summed E-state index contributed by atoms with van der Waals surface area (Å²) < 4.78 is 0. The summed E-state index contributed by atoms with van der Waals surface area (Å²) in [4.78, 5) is 2.33. The monoisotopic (exact) mass is 278 g/mol. The molecule has 0 aromatic heterocycles. The van der Waals surface area contributed by atoms with Crippen LogP contribution in [0.1, 0.15) is 30.9 Å². The van der Waals surface area contributed by atoms with E-state index in [1.54, 1.807) is 6.21 Å². The van der Waals surface area contributed by atoms with Crippen molar-refractivity contribution < 1.29 is 0 Å². The number of benzene rings is 1. The van der Waals surface area contributed by atoms with E-state index in [0.717, 1.165) is 18.7 Å². The van der Waals surface area contributed by atoms with Crippen molar-refractivity contribution in [2.75, 3.05) is 13.6 Å². The van der Waals surface area contributed by atoms with Gasteiger partial charge in [-0.25, -0.2) is 0 Å². The summed E-state index contributed by atoms with van der Waals surface area (Å²) >= 11 is 4.68. The molecule has 0 amide bonds. The summed E-state index contributed by atoms with van der Waals surface area (Å²) in [5.41, 5.74) is 10.2. The second kappa shape index (κ2) is 8.61. The Morgan fingerprint density at radius 3 is 3.00 bits per heavy atom. The van der Waals surface area contributed by atoms with Crippen LogP contribution in [0.4, 0.5) is 0 Å². The molecule has 0 aliphatic rings. The Labute approximate surface area is 120 Å². The quantitative estimate of drug-likeness (QED) is 0.455. The van der Waals surface area contributed by atoms with Gasteiger partial charge in [-0.3, -0.25) is 5.43 Å². The van der Waals surface area contributed by atoms with E-state index in [-0.39, 0.29) is 5.11 Å². The molecule has 0 radical (unpaired) electrons. The topological polar surface area (TPSA) is 53.6 Å². The van der Waals surface area contributed by atoms with E-state index in [2.05, 4.69) is 53.7 Å². The molecule has 4 nitrogen and oxygen atoms in total. The minimum atomic E-state index is 0.173. The van der Waals surface area contributed by atoms with E-state index < -0.39 is 0 Å². The first-order valence-corrected chi connectivity index (χ1v) is 6.88. The van der Waals surface area contributed by atoms with Crippen molar-refractivity contribution in [2.45, 2.75) is 26.3 Å². The van der Waals surface area contributed by atoms with Gasteiger partial charge in [0, 0.05) is 6.54 Å². The third-order valence-electron chi connectivity index (χ3n) is 2.69. The number of unbranched alkanes of at least 4 members (excludes halogenated alkanes) is 1. The largest absolute Gasteiger partial charge is 0.375 e. The molecular formula is C14H22N4S. The molecule has 1 aromatic carbocycles. The Hall–Kier alpha value is -1.46. The second-order valence-corrected chi connectivity index (χ2v) is 5.01. The zero-order chi connectivity index (χ0) is 14.1. The third-order valence-corrected chi connectivity index (χ3v) is 2.78. The van der Waals surface area contributed by atoms with Crippen LogP contribution >= 0.6 is 12.2 Å². The van der Waals surface area contributed by atoms with Gasteiger partial charge >= 0.3 is 0 Å². The van der Waals surface area contributed by atoms with Crippen molar-refractivity contribution >= 4 is 23.5 Å². The Bertz CT molecular complexity index is 431. The highest BCUT2D eigenvalue weighted by molar-refractivity contribution is 7.80. The molecule has 3 N–H and O–H groups in total. The summed E-state index contributed by atoms with van der Waals surface area (Å²) in [6.45, 7) is 4.28. The average Bonchev–Trinajstić information content (AvgIpc) is 2.36. The van der Waals surface area contributed by atoms with E-state index in [0.29, 0.717) is 0 Å². The van der Waals surface area contributed by atoms with E-state index in [9.17, 15) is 0 Å². The lowest BCUT2D eigenvalue weighted by Crippen LogP contribution is -2.24. The maximum atomic E-state index is 5.30. The first-order valence-electron chi connectivity index (χ1n) is 6.47. The Kier molecular flexibility index (Phi) is 7.07. The lowest BCUT2D eigenvalue weighted by atomic mass is 10.1. The van der Waals surface area contributed by atoms with Crippen LogP contribution in [0.15, 0.2) is 29.4 Å². The van der Waals surface area contributed by atoms with Gasteiger partial charge in [0.15, 0.2) is 5.11 Å². The normalized spacial score (nSPS) is 11.1. The molecule has 1 rings (SSSR count). The molecule has 0 bridgehead atoms. The number of hydrogen-bond donors (Lipinski definition) is 2. The third kappa shape index (κ3) is 6.88. The standard InChI is InChI=1S/C14H22N4S/c1-3-4-8-18(2)11-13-7-5-6-12(9-13)10-16-17-14(15)19/h5-7,9-10H,3-4,8,11H2,1-2H3,(H3,15,17,19). The van der Waals surface area contributed by atoms with Crippen molar-refractivity contribution in [1.82, 2.24) is 10.3 Å². The fraction of sp³-hybridized carbons (Fsp3) is 0.429. The predicted octanol–water partition coefficient (Wildman–Crippen LogP) is 2.09. The Morgan fingerprint density at radius 2 is 2.32 bits per heavy atom. The molecule has 0 heterocycles. The molecule has 19 heavy (non-hydrogen) atoms. The fourth-order valence-electron chi connectivity index (χ4n) is 1.76. The number of rotatable bonds is 7.